The van der Waals surface area contributed by atoms with E-state index in [1.807, 2.05) is 30.3 Å². The molecule has 3 rings (SSSR count). The molecule has 2 N–H and O–H groups in total. The van der Waals surface area contributed by atoms with Gasteiger partial charge in [-0.2, -0.15) is 5.10 Å². The van der Waals surface area contributed by atoms with Gasteiger partial charge in [-0.25, -0.2) is 9.67 Å². The second kappa shape index (κ2) is 3.75. The molecular weight excluding hydrogens is 236 g/mol. The largest absolute Gasteiger partial charge is 0.383 e. The monoisotopic (exact) mass is 244 g/mol. The Balaban J connectivity index is 2.28. The van der Waals surface area contributed by atoms with Crippen LogP contribution in [0.25, 0.3) is 16.6 Å². The number of para-hydroxylation sites is 1. The Labute approximate surface area is 103 Å². The summed E-state index contributed by atoms with van der Waals surface area (Å²) >= 11 is 5.84. The lowest BCUT2D eigenvalue weighted by molar-refractivity contribution is 0.907. The van der Waals surface area contributed by atoms with Gasteiger partial charge in [0.25, 0.3) is 0 Å². The fourth-order valence-corrected chi connectivity index (χ4v) is 1.91. The average Bonchev–Trinajstić information content (AvgIpc) is 2.68. The minimum Gasteiger partial charge on any atom is -0.383 e. The van der Waals surface area contributed by atoms with Crippen molar-refractivity contribution in [1.29, 1.82) is 0 Å². The molecule has 0 spiro atoms. The maximum absolute atomic E-state index is 6.05. The molecule has 1 aromatic carbocycles. The van der Waals surface area contributed by atoms with Crippen LogP contribution in [0.1, 0.15) is 0 Å². The molecule has 0 aliphatic carbocycles. The number of fused-ring (bicyclic) bond motifs is 1. The van der Waals surface area contributed by atoms with E-state index >= 15 is 0 Å². The zero-order valence-electron chi connectivity index (χ0n) is 8.84. The molecule has 2 heterocycles. The van der Waals surface area contributed by atoms with Crippen LogP contribution >= 0.6 is 11.6 Å². The van der Waals surface area contributed by atoms with Crippen LogP contribution < -0.4 is 5.73 Å². The van der Waals surface area contributed by atoms with Crippen LogP contribution in [0.3, 0.4) is 0 Å². The molecule has 0 bridgehead atoms. The summed E-state index contributed by atoms with van der Waals surface area (Å²) in [5.74, 6) is 0.565. The van der Waals surface area contributed by atoms with Gasteiger partial charge in [-0.3, -0.25) is 0 Å². The first-order chi connectivity index (χ1) is 8.25. The third-order valence-electron chi connectivity index (χ3n) is 2.56. The van der Waals surface area contributed by atoms with Gasteiger partial charge in [0.05, 0.1) is 11.9 Å². The molecule has 17 heavy (non-hydrogen) atoms. The van der Waals surface area contributed by atoms with Crippen LogP contribution in [0, 0.1) is 0 Å². The molecule has 0 aliphatic rings. The van der Waals surface area contributed by atoms with Crippen molar-refractivity contribution < 1.29 is 0 Å². The van der Waals surface area contributed by atoms with Gasteiger partial charge in [0.1, 0.15) is 16.5 Å². The Bertz CT molecular complexity index is 676. The van der Waals surface area contributed by atoms with E-state index in [-0.39, 0.29) is 0 Å². The lowest BCUT2D eigenvalue weighted by Crippen LogP contribution is -2.00. The van der Waals surface area contributed by atoms with Crippen molar-refractivity contribution in [3.63, 3.8) is 0 Å². The number of hydrogen-bond acceptors (Lipinski definition) is 3. The highest BCUT2D eigenvalue weighted by Crippen LogP contribution is 2.24. The number of aromatic nitrogens is 3. The molecule has 0 fully saturated rings. The third kappa shape index (κ3) is 1.62. The summed E-state index contributed by atoms with van der Waals surface area (Å²) in [6.45, 7) is 0. The first-order valence-corrected chi connectivity index (χ1v) is 5.48. The van der Waals surface area contributed by atoms with E-state index in [4.69, 9.17) is 17.3 Å². The number of anilines is 1. The molecule has 0 saturated heterocycles. The molecule has 2 aromatic heterocycles. The molecule has 84 valence electrons. The van der Waals surface area contributed by atoms with Crippen molar-refractivity contribution in [1.82, 2.24) is 14.8 Å². The van der Waals surface area contributed by atoms with E-state index in [9.17, 15) is 0 Å². The number of pyridine rings is 1. The minimum atomic E-state index is 0.414. The number of rotatable bonds is 1. The number of benzene rings is 1. The van der Waals surface area contributed by atoms with E-state index in [0.29, 0.717) is 11.0 Å². The fourth-order valence-electron chi connectivity index (χ4n) is 1.75. The molecule has 0 amide bonds. The first-order valence-electron chi connectivity index (χ1n) is 5.11. The molecule has 3 aromatic rings. The van der Waals surface area contributed by atoms with E-state index in [2.05, 4.69) is 10.1 Å². The van der Waals surface area contributed by atoms with Gasteiger partial charge in [-0.15, -0.1) is 0 Å². The Morgan fingerprint density at radius 1 is 1.18 bits per heavy atom. The van der Waals surface area contributed by atoms with E-state index in [0.717, 1.165) is 16.6 Å². The average molecular weight is 245 g/mol. The minimum absolute atomic E-state index is 0.414. The molecule has 5 heteroatoms. The topological polar surface area (TPSA) is 56.7 Å². The summed E-state index contributed by atoms with van der Waals surface area (Å²) in [5.41, 5.74) is 7.70. The van der Waals surface area contributed by atoms with Gasteiger partial charge in [0.2, 0.25) is 0 Å². The Kier molecular flexibility index (Phi) is 2.23. The van der Waals surface area contributed by atoms with Crippen molar-refractivity contribution in [2.24, 2.45) is 0 Å². The number of halogens is 1. The van der Waals surface area contributed by atoms with Crippen LogP contribution in [-0.4, -0.2) is 14.8 Å². The van der Waals surface area contributed by atoms with E-state index < -0.39 is 0 Å². The second-order valence-electron chi connectivity index (χ2n) is 3.66. The highest BCUT2D eigenvalue weighted by molar-refractivity contribution is 6.30. The SMILES string of the molecule is Nc1c2cc(Cl)ncc2nn1-c1ccccc1. The number of nitrogens with two attached hydrogens (primary N) is 1. The molecule has 0 atom stereocenters. The van der Waals surface area contributed by atoms with Crippen LogP contribution in [0.15, 0.2) is 42.6 Å². The molecule has 0 radical (unpaired) electrons. The summed E-state index contributed by atoms with van der Waals surface area (Å²) in [4.78, 5) is 3.99. The summed E-state index contributed by atoms with van der Waals surface area (Å²) in [6.07, 6.45) is 1.62. The molecule has 0 saturated carbocycles. The molecular formula is C12H9ClN4. The van der Waals surface area contributed by atoms with Crippen LogP contribution in [0.5, 0.6) is 0 Å². The summed E-state index contributed by atoms with van der Waals surface area (Å²) < 4.78 is 1.68. The molecule has 4 nitrogen and oxygen atoms in total. The van der Waals surface area contributed by atoms with Crippen molar-refractivity contribution in [3.05, 3.63) is 47.7 Å². The van der Waals surface area contributed by atoms with Crippen molar-refractivity contribution in [3.8, 4) is 5.69 Å². The molecule has 0 aliphatic heterocycles. The quantitative estimate of drug-likeness (QED) is 0.670. The Morgan fingerprint density at radius 3 is 2.71 bits per heavy atom. The number of nitrogens with zero attached hydrogens (tertiary/aromatic N) is 3. The van der Waals surface area contributed by atoms with Gasteiger partial charge >= 0.3 is 0 Å². The predicted octanol–water partition coefficient (Wildman–Crippen LogP) is 2.66. The molecule has 0 unspecified atom stereocenters. The smallest absolute Gasteiger partial charge is 0.135 e. The maximum atomic E-state index is 6.05. The summed E-state index contributed by atoms with van der Waals surface area (Å²) in [6, 6.07) is 11.4. The first kappa shape index (κ1) is 10.1. The highest BCUT2D eigenvalue weighted by Gasteiger charge is 2.10. The lowest BCUT2D eigenvalue weighted by Gasteiger charge is -2.02. The summed E-state index contributed by atoms with van der Waals surface area (Å²) in [7, 11) is 0. The van der Waals surface area contributed by atoms with Crippen molar-refractivity contribution in [2.45, 2.75) is 0 Å². The van der Waals surface area contributed by atoms with Gasteiger partial charge in [0, 0.05) is 5.39 Å². The lowest BCUT2D eigenvalue weighted by atomic mass is 10.3. The normalized spacial score (nSPS) is 10.9. The number of hydrogen-bond donors (Lipinski definition) is 1. The maximum Gasteiger partial charge on any atom is 0.135 e. The van der Waals surface area contributed by atoms with Crippen molar-refractivity contribution in [2.75, 3.05) is 5.73 Å². The predicted molar refractivity (Wildman–Crippen MR) is 68.3 cm³/mol. The zero-order chi connectivity index (χ0) is 11.8. The Morgan fingerprint density at radius 2 is 1.94 bits per heavy atom. The second-order valence-corrected chi connectivity index (χ2v) is 4.04. The van der Waals surface area contributed by atoms with Crippen LogP contribution in [0.2, 0.25) is 5.15 Å². The summed E-state index contributed by atoms with van der Waals surface area (Å²) in [5, 5.41) is 5.62. The Hall–Kier alpha value is -2.07. The van der Waals surface area contributed by atoms with Gasteiger partial charge in [0.15, 0.2) is 0 Å². The number of nitrogen functional groups attached to an aromatic ring is 1. The zero-order valence-corrected chi connectivity index (χ0v) is 9.59. The van der Waals surface area contributed by atoms with Crippen LogP contribution in [0.4, 0.5) is 5.82 Å². The third-order valence-corrected chi connectivity index (χ3v) is 2.77. The van der Waals surface area contributed by atoms with Gasteiger partial charge in [-0.05, 0) is 18.2 Å². The van der Waals surface area contributed by atoms with E-state index in [1.54, 1.807) is 16.9 Å². The van der Waals surface area contributed by atoms with Crippen LogP contribution in [-0.2, 0) is 0 Å². The highest BCUT2D eigenvalue weighted by atomic mass is 35.5. The van der Waals surface area contributed by atoms with Crippen molar-refractivity contribution >= 4 is 28.3 Å². The standard InChI is InChI=1S/C12H9ClN4/c13-11-6-9-10(7-15-11)16-17(12(9)14)8-4-2-1-3-5-8/h1-7H,14H2. The van der Waals surface area contributed by atoms with Gasteiger partial charge < -0.3 is 5.73 Å². The fraction of sp³-hybridized carbons (Fsp3) is 0. The van der Waals surface area contributed by atoms with Gasteiger partial charge in [-0.1, -0.05) is 29.8 Å². The van der Waals surface area contributed by atoms with E-state index in [1.165, 1.54) is 0 Å².